The molecule has 0 amide bonds. The van der Waals surface area contributed by atoms with Crippen molar-refractivity contribution in [2.75, 3.05) is 30.7 Å². The van der Waals surface area contributed by atoms with Crippen LogP contribution in [-0.4, -0.2) is 52.9 Å². The molecule has 0 aromatic heterocycles. The predicted octanol–water partition coefficient (Wildman–Crippen LogP) is -0.663. The summed E-state index contributed by atoms with van der Waals surface area (Å²) < 4.78 is 7.21. The third kappa shape index (κ3) is 3.57. The first-order valence-electron chi connectivity index (χ1n) is 7.61. The molecule has 2 aliphatic rings. The molecule has 122 valence electrons. The summed E-state index contributed by atoms with van der Waals surface area (Å²) in [6.07, 6.45) is 4.37. The Morgan fingerprint density at radius 1 is 1.29 bits per heavy atom. The van der Waals surface area contributed by atoms with E-state index in [-0.39, 0.29) is 35.7 Å². The minimum Gasteiger partial charge on any atom is -1.00 e. The molecule has 2 fully saturated rings. The van der Waals surface area contributed by atoms with Crippen molar-refractivity contribution in [1.82, 2.24) is 0 Å². The lowest BCUT2D eigenvalue weighted by molar-refractivity contribution is -0.942. The fourth-order valence-corrected chi connectivity index (χ4v) is 5.16. The molecule has 0 saturated carbocycles. The number of quaternary nitrogens is 1. The number of ketones is 1. The van der Waals surface area contributed by atoms with Crippen molar-refractivity contribution in [1.29, 1.82) is 0 Å². The minimum atomic E-state index is -0.886. The number of esters is 1. The number of Topliss-reactive ketones (excluding diaryl/α,β-unsaturated/α-hetero) is 1. The fourth-order valence-electron chi connectivity index (χ4n) is 4.01. The highest BCUT2D eigenvalue weighted by molar-refractivity contribution is 14.1. The number of alkyl halides is 1. The van der Waals surface area contributed by atoms with Gasteiger partial charge in [0.1, 0.15) is 6.54 Å². The molecule has 2 heterocycles. The highest BCUT2D eigenvalue weighted by Gasteiger charge is 2.61. The molecule has 21 heavy (non-hydrogen) atoms. The van der Waals surface area contributed by atoms with Crippen molar-refractivity contribution < 1.29 is 42.8 Å². The van der Waals surface area contributed by atoms with Crippen LogP contribution < -0.4 is 24.0 Å². The van der Waals surface area contributed by atoms with Crippen molar-refractivity contribution in [3.05, 3.63) is 0 Å². The molecule has 1 spiro atoms. The van der Waals surface area contributed by atoms with Gasteiger partial charge in [-0.1, -0.05) is 22.6 Å². The molecule has 0 aromatic carbocycles. The third-order valence-corrected chi connectivity index (χ3v) is 6.19. The Labute approximate surface area is 158 Å². The summed E-state index contributed by atoms with van der Waals surface area (Å²) >= 11 is 2.41. The van der Waals surface area contributed by atoms with E-state index < -0.39 is 5.41 Å². The van der Waals surface area contributed by atoms with Gasteiger partial charge >= 0.3 is 5.97 Å². The van der Waals surface area contributed by atoms with Crippen molar-refractivity contribution in [3.8, 4) is 0 Å². The van der Waals surface area contributed by atoms with Gasteiger partial charge in [0.25, 0.3) is 0 Å². The van der Waals surface area contributed by atoms with Crippen molar-refractivity contribution in [2.24, 2.45) is 5.41 Å². The van der Waals surface area contributed by atoms with Gasteiger partial charge in [-0.2, -0.15) is 0 Å². The number of hydrogen-bond donors (Lipinski definition) is 0. The molecule has 4 nitrogen and oxygen atoms in total. The van der Waals surface area contributed by atoms with Gasteiger partial charge in [0.15, 0.2) is 11.2 Å². The van der Waals surface area contributed by atoms with Crippen molar-refractivity contribution in [3.63, 3.8) is 0 Å². The lowest BCUT2D eigenvalue weighted by Gasteiger charge is -2.43. The Hall–Kier alpha value is 0.560. The van der Waals surface area contributed by atoms with Gasteiger partial charge in [-0.3, -0.25) is 9.59 Å². The Balaban J connectivity index is 0.00000220. The van der Waals surface area contributed by atoms with Crippen molar-refractivity contribution >= 4 is 34.3 Å². The summed E-state index contributed by atoms with van der Waals surface area (Å²) in [5, 5.41) is 0. The van der Waals surface area contributed by atoms with E-state index in [9.17, 15) is 9.59 Å². The summed E-state index contributed by atoms with van der Waals surface area (Å²) in [7, 11) is 0. The minimum absolute atomic E-state index is 0. The molecule has 2 saturated heterocycles. The topological polar surface area (TPSA) is 43.4 Å². The maximum Gasteiger partial charge on any atom is 0.325 e. The van der Waals surface area contributed by atoms with Crippen molar-refractivity contribution in [2.45, 2.75) is 45.6 Å². The zero-order valence-electron chi connectivity index (χ0n) is 12.9. The second kappa shape index (κ2) is 7.90. The first-order valence-corrected chi connectivity index (χ1v) is 9.13. The van der Waals surface area contributed by atoms with Gasteiger partial charge in [0.2, 0.25) is 0 Å². The van der Waals surface area contributed by atoms with Gasteiger partial charge in [0, 0.05) is 6.42 Å². The Morgan fingerprint density at radius 3 is 2.38 bits per heavy atom. The molecule has 2 aliphatic heterocycles. The van der Waals surface area contributed by atoms with E-state index >= 15 is 0 Å². The SMILES string of the molecule is CCOC(=O)C1(C(C)=O)CC(CI)[N+]2(CCCCC2)C1.[I-]. The molecular formula is C15H25I2NO3. The summed E-state index contributed by atoms with van der Waals surface area (Å²) in [5.74, 6) is -0.297. The average molecular weight is 521 g/mol. The highest BCUT2D eigenvalue weighted by Crippen LogP contribution is 2.44. The number of halogens is 2. The zero-order valence-corrected chi connectivity index (χ0v) is 17.2. The van der Waals surface area contributed by atoms with Crippen LogP contribution in [0, 0.1) is 5.41 Å². The number of rotatable bonds is 4. The van der Waals surface area contributed by atoms with Crippen LogP contribution in [0.2, 0.25) is 0 Å². The van der Waals surface area contributed by atoms with E-state index in [0.29, 0.717) is 25.6 Å². The molecule has 0 radical (unpaired) electrons. The number of carbonyl (C=O) groups is 2. The quantitative estimate of drug-likeness (QED) is 0.162. The Kier molecular flexibility index (Phi) is 7.37. The van der Waals surface area contributed by atoms with Gasteiger partial charge in [-0.15, -0.1) is 0 Å². The molecule has 2 atom stereocenters. The van der Waals surface area contributed by atoms with Gasteiger partial charge in [-0.25, -0.2) is 0 Å². The lowest BCUT2D eigenvalue weighted by atomic mass is 9.82. The van der Waals surface area contributed by atoms with Crippen LogP contribution >= 0.6 is 22.6 Å². The van der Waals surface area contributed by atoms with Gasteiger partial charge in [0.05, 0.1) is 30.2 Å². The average Bonchev–Trinajstić information content (AvgIpc) is 2.75. The Bertz CT molecular complexity index is 396. The van der Waals surface area contributed by atoms with E-state index in [2.05, 4.69) is 22.6 Å². The zero-order chi connectivity index (χ0) is 14.8. The lowest BCUT2D eigenvalue weighted by Crippen LogP contribution is -3.00. The Morgan fingerprint density at radius 2 is 1.90 bits per heavy atom. The first kappa shape index (κ1) is 19.6. The van der Waals surface area contributed by atoms with Crippen LogP contribution in [0.4, 0.5) is 0 Å². The van der Waals surface area contributed by atoms with E-state index in [1.807, 2.05) is 6.92 Å². The summed E-state index contributed by atoms with van der Waals surface area (Å²) in [4.78, 5) is 24.7. The molecule has 0 bridgehead atoms. The number of carbonyl (C=O) groups excluding carboxylic acids is 2. The van der Waals surface area contributed by atoms with Crippen LogP contribution in [0.1, 0.15) is 39.5 Å². The van der Waals surface area contributed by atoms with E-state index in [1.54, 1.807) is 6.92 Å². The molecule has 6 heteroatoms. The maximum absolute atomic E-state index is 12.4. The van der Waals surface area contributed by atoms with E-state index in [0.717, 1.165) is 22.0 Å². The number of ether oxygens (including phenoxy) is 1. The summed E-state index contributed by atoms with van der Waals surface area (Å²) in [6.45, 7) is 6.61. The first-order chi connectivity index (χ1) is 9.50. The van der Waals surface area contributed by atoms with E-state index in [4.69, 9.17) is 4.74 Å². The summed E-state index contributed by atoms with van der Waals surface area (Å²) in [5.41, 5.74) is -0.886. The molecule has 0 aliphatic carbocycles. The monoisotopic (exact) mass is 521 g/mol. The van der Waals surface area contributed by atoms with E-state index in [1.165, 1.54) is 19.3 Å². The fraction of sp³-hybridized carbons (Fsp3) is 0.867. The summed E-state index contributed by atoms with van der Waals surface area (Å²) in [6, 6.07) is 0.421. The second-order valence-corrected chi connectivity index (χ2v) is 7.14. The van der Waals surface area contributed by atoms with Gasteiger partial charge < -0.3 is 33.2 Å². The molecule has 2 unspecified atom stereocenters. The van der Waals surface area contributed by atoms with Gasteiger partial charge in [-0.05, 0) is 33.1 Å². The third-order valence-electron chi connectivity index (χ3n) is 5.17. The highest BCUT2D eigenvalue weighted by atomic mass is 127. The largest absolute Gasteiger partial charge is 1.00 e. The molecule has 0 aromatic rings. The van der Waals surface area contributed by atoms with Crippen LogP contribution in [0.5, 0.6) is 0 Å². The number of nitrogens with zero attached hydrogens (tertiary/aromatic N) is 1. The number of hydrogen-bond acceptors (Lipinski definition) is 3. The second-order valence-electron chi connectivity index (χ2n) is 6.26. The molecular weight excluding hydrogens is 496 g/mol. The van der Waals surface area contributed by atoms with Crippen LogP contribution in [-0.2, 0) is 14.3 Å². The number of piperidine rings is 1. The normalized spacial score (nSPS) is 30.7. The predicted molar refractivity (Wildman–Crippen MR) is 85.8 cm³/mol. The maximum atomic E-state index is 12.4. The van der Waals surface area contributed by atoms with Crippen LogP contribution in [0.3, 0.4) is 0 Å². The van der Waals surface area contributed by atoms with Crippen LogP contribution in [0.15, 0.2) is 0 Å². The molecule has 2 rings (SSSR count). The van der Waals surface area contributed by atoms with Crippen LogP contribution in [0.25, 0.3) is 0 Å². The smallest absolute Gasteiger partial charge is 0.325 e. The molecule has 0 N–H and O–H groups in total. The standard InChI is InChI=1S/C15H25INO3.HI/c1-3-20-14(19)15(12(2)18)9-13(10-16)17(11-15)7-5-4-6-8-17;/h13H,3-11H2,1-2H3;1H/q+1;/p-1.